The Hall–Kier alpha value is -3.18. The summed E-state index contributed by atoms with van der Waals surface area (Å²) in [5.41, 5.74) is 4.51. The third kappa shape index (κ3) is 8.16. The van der Waals surface area contributed by atoms with Crippen LogP contribution >= 0.6 is 0 Å². The van der Waals surface area contributed by atoms with Crippen LogP contribution in [-0.4, -0.2) is 39.5 Å². The summed E-state index contributed by atoms with van der Waals surface area (Å²) in [7, 11) is -3.79. The summed E-state index contributed by atoms with van der Waals surface area (Å²) in [5.74, 6) is -0.432. The summed E-state index contributed by atoms with van der Waals surface area (Å²) in [4.78, 5) is 23.9. The maximum atomic E-state index is 12.9. The Morgan fingerprint density at radius 3 is 2.25 bits per heavy atom. The molecule has 0 saturated heterocycles. The molecule has 2 aromatic rings. The number of benzene rings is 2. The highest BCUT2D eigenvalue weighted by Crippen LogP contribution is 2.18. The molecule has 0 spiro atoms. The number of carbonyl (C=O) groups excluding carboxylic acids is 2. The van der Waals surface area contributed by atoms with Crippen molar-refractivity contribution in [3.05, 3.63) is 54.3 Å². The molecule has 0 fully saturated rings. The number of rotatable bonds is 11. The van der Waals surface area contributed by atoms with Crippen molar-refractivity contribution >= 4 is 21.8 Å². The van der Waals surface area contributed by atoms with Crippen molar-refractivity contribution in [2.45, 2.75) is 37.7 Å². The second kappa shape index (κ2) is 12.0. The summed E-state index contributed by atoms with van der Waals surface area (Å²) in [6.45, 7) is 3.94. The smallest absolute Gasteiger partial charge is 0.279 e. The quantitative estimate of drug-likeness (QED) is 0.343. The number of hydrogen-bond donors (Lipinski definition) is 3. The molecule has 3 N–H and O–H groups in total. The number of ether oxygens (including phenoxy) is 2. The van der Waals surface area contributed by atoms with Crippen LogP contribution in [0.15, 0.2) is 53.4 Å². The fourth-order valence-electron chi connectivity index (χ4n) is 2.49. The van der Waals surface area contributed by atoms with Gasteiger partial charge in [0.1, 0.15) is 17.3 Å². The topological polar surface area (TPSA) is 123 Å². The van der Waals surface area contributed by atoms with Gasteiger partial charge in [-0.25, -0.2) is 17.5 Å². The van der Waals surface area contributed by atoms with E-state index in [9.17, 15) is 22.4 Å². The Kier molecular flexibility index (Phi) is 9.41. The molecule has 2 rings (SSSR count). The van der Waals surface area contributed by atoms with E-state index in [4.69, 9.17) is 9.47 Å². The minimum atomic E-state index is -3.79. The van der Waals surface area contributed by atoms with Gasteiger partial charge in [0.05, 0.1) is 11.5 Å². The van der Waals surface area contributed by atoms with Crippen molar-refractivity contribution < 1.29 is 31.9 Å². The highest BCUT2D eigenvalue weighted by Gasteiger charge is 2.16. The molecule has 0 aliphatic carbocycles. The first-order valence-corrected chi connectivity index (χ1v) is 11.4. The van der Waals surface area contributed by atoms with Crippen LogP contribution in [0.25, 0.3) is 0 Å². The van der Waals surface area contributed by atoms with E-state index in [0.29, 0.717) is 18.1 Å². The van der Waals surface area contributed by atoms with E-state index in [-0.39, 0.29) is 24.3 Å². The third-order valence-corrected chi connectivity index (χ3v) is 5.62. The van der Waals surface area contributed by atoms with Gasteiger partial charge in [0.15, 0.2) is 6.10 Å². The number of amides is 2. The molecule has 1 atom stereocenters. The zero-order valence-electron chi connectivity index (χ0n) is 17.8. The number of hydrogen-bond acceptors (Lipinski definition) is 6. The zero-order valence-corrected chi connectivity index (χ0v) is 18.6. The predicted molar refractivity (Wildman–Crippen MR) is 115 cm³/mol. The molecule has 174 valence electrons. The molecule has 1 unspecified atom stereocenters. The van der Waals surface area contributed by atoms with E-state index in [1.54, 1.807) is 24.3 Å². The van der Waals surface area contributed by atoms with E-state index in [0.717, 1.165) is 24.3 Å². The minimum absolute atomic E-state index is 0.00166. The first-order chi connectivity index (χ1) is 15.2. The Labute approximate surface area is 186 Å². The van der Waals surface area contributed by atoms with Crippen molar-refractivity contribution in [2.24, 2.45) is 0 Å². The molecule has 11 heteroatoms. The van der Waals surface area contributed by atoms with Gasteiger partial charge in [-0.3, -0.25) is 20.4 Å². The maximum absolute atomic E-state index is 12.9. The van der Waals surface area contributed by atoms with E-state index in [2.05, 4.69) is 15.6 Å². The lowest BCUT2D eigenvalue weighted by atomic mass is 10.3. The lowest BCUT2D eigenvalue weighted by Gasteiger charge is -2.15. The van der Waals surface area contributed by atoms with Crippen molar-refractivity contribution in [1.82, 2.24) is 15.6 Å². The molecule has 0 bridgehead atoms. The molecule has 0 aromatic heterocycles. The molecule has 0 heterocycles. The second-order valence-electron chi connectivity index (χ2n) is 6.66. The van der Waals surface area contributed by atoms with E-state index in [1.165, 1.54) is 6.92 Å². The number of hydrazine groups is 1. The van der Waals surface area contributed by atoms with Crippen LogP contribution in [-0.2, 0) is 19.6 Å². The van der Waals surface area contributed by atoms with Gasteiger partial charge in [0, 0.05) is 13.0 Å². The zero-order chi connectivity index (χ0) is 23.6. The molecule has 0 saturated carbocycles. The highest BCUT2D eigenvalue weighted by molar-refractivity contribution is 7.89. The van der Waals surface area contributed by atoms with Crippen LogP contribution in [0, 0.1) is 5.82 Å². The van der Waals surface area contributed by atoms with Crippen LogP contribution in [0.4, 0.5) is 4.39 Å². The summed E-state index contributed by atoms with van der Waals surface area (Å²) in [5, 5.41) is 0. The van der Waals surface area contributed by atoms with E-state index in [1.807, 2.05) is 6.92 Å². The normalized spacial score (nSPS) is 12.0. The lowest BCUT2D eigenvalue weighted by molar-refractivity contribution is -0.132. The number of nitrogens with one attached hydrogen (secondary N) is 3. The summed E-state index contributed by atoms with van der Waals surface area (Å²) >= 11 is 0. The van der Waals surface area contributed by atoms with Crippen LogP contribution in [0.1, 0.15) is 26.7 Å². The van der Waals surface area contributed by atoms with Crippen molar-refractivity contribution in [3.8, 4) is 11.5 Å². The van der Waals surface area contributed by atoms with Gasteiger partial charge in [0.25, 0.3) is 5.91 Å². The van der Waals surface area contributed by atoms with Crippen molar-refractivity contribution in [1.29, 1.82) is 0 Å². The van der Waals surface area contributed by atoms with E-state index < -0.39 is 33.8 Å². The molecule has 32 heavy (non-hydrogen) atoms. The second-order valence-corrected chi connectivity index (χ2v) is 8.42. The fourth-order valence-corrected chi connectivity index (χ4v) is 3.56. The maximum Gasteiger partial charge on any atom is 0.279 e. The third-order valence-electron chi connectivity index (χ3n) is 4.14. The summed E-state index contributed by atoms with van der Waals surface area (Å²) in [6.07, 6.45) is -0.698. The Morgan fingerprint density at radius 1 is 1.00 bits per heavy atom. The average Bonchev–Trinajstić information content (AvgIpc) is 2.77. The number of carbonyl (C=O) groups is 2. The monoisotopic (exact) mass is 467 g/mol. The first kappa shape index (κ1) is 25.1. The molecule has 0 aliphatic heterocycles. The van der Waals surface area contributed by atoms with Crippen LogP contribution < -0.4 is 25.0 Å². The lowest BCUT2D eigenvalue weighted by Crippen LogP contribution is -2.47. The molecule has 2 aromatic carbocycles. The molecule has 2 amide bonds. The van der Waals surface area contributed by atoms with Gasteiger partial charge in [-0.05, 0) is 68.8 Å². The first-order valence-electron chi connectivity index (χ1n) is 9.94. The molecule has 0 aliphatic rings. The summed E-state index contributed by atoms with van der Waals surface area (Å²) < 4.78 is 50.2. The number of sulfonamides is 1. The summed E-state index contributed by atoms with van der Waals surface area (Å²) in [6, 6.07) is 11.2. The largest absolute Gasteiger partial charge is 0.494 e. The van der Waals surface area contributed by atoms with Crippen LogP contribution in [0.5, 0.6) is 11.5 Å². The highest BCUT2D eigenvalue weighted by atomic mass is 32.2. The fraction of sp³-hybridized carbons (Fsp3) is 0.333. The van der Waals surface area contributed by atoms with E-state index >= 15 is 0 Å². The Balaban J connectivity index is 1.67. The van der Waals surface area contributed by atoms with Gasteiger partial charge < -0.3 is 9.47 Å². The molecule has 9 nitrogen and oxygen atoms in total. The van der Waals surface area contributed by atoms with Gasteiger partial charge in [-0.15, -0.1) is 0 Å². The van der Waals surface area contributed by atoms with Crippen LogP contribution in [0.3, 0.4) is 0 Å². The SMILES string of the molecule is CCOc1ccc(OC(C)C(=O)NNC(=O)CCCNS(=O)(=O)c2ccc(F)cc2)cc1. The molecular formula is C21H26FN3O6S. The standard InChI is InChI=1S/C21H26FN3O6S/c1-3-30-17-8-10-18(11-9-17)31-15(2)21(27)25-24-20(26)5-4-14-23-32(28,29)19-12-6-16(22)7-13-19/h6-13,15,23H,3-5,14H2,1-2H3,(H,24,26)(H,25,27). The van der Waals surface area contributed by atoms with Gasteiger partial charge in [0.2, 0.25) is 15.9 Å². The molecular weight excluding hydrogens is 441 g/mol. The Bertz CT molecular complexity index is 997. The molecule has 0 radical (unpaired) electrons. The Morgan fingerprint density at radius 2 is 1.62 bits per heavy atom. The number of halogens is 1. The van der Waals surface area contributed by atoms with Gasteiger partial charge in [-0.1, -0.05) is 0 Å². The van der Waals surface area contributed by atoms with Crippen molar-refractivity contribution in [2.75, 3.05) is 13.2 Å². The predicted octanol–water partition coefficient (Wildman–Crippen LogP) is 1.90. The van der Waals surface area contributed by atoms with Crippen molar-refractivity contribution in [3.63, 3.8) is 0 Å². The van der Waals surface area contributed by atoms with Gasteiger partial charge in [-0.2, -0.15) is 0 Å². The van der Waals surface area contributed by atoms with Crippen LogP contribution in [0.2, 0.25) is 0 Å². The van der Waals surface area contributed by atoms with Gasteiger partial charge >= 0.3 is 0 Å². The minimum Gasteiger partial charge on any atom is -0.494 e. The average molecular weight is 468 g/mol.